The van der Waals surface area contributed by atoms with Crippen molar-refractivity contribution in [1.29, 1.82) is 0 Å². The summed E-state index contributed by atoms with van der Waals surface area (Å²) in [7, 11) is 7.73. The second-order valence-corrected chi connectivity index (χ2v) is 11.8. The number of hydrogen-bond acceptors (Lipinski definition) is 10. The Morgan fingerprint density at radius 3 is 2.67 bits per heavy atom. The van der Waals surface area contributed by atoms with E-state index in [0.29, 0.717) is 35.9 Å². The monoisotopic (exact) mass is 624 g/mol. The van der Waals surface area contributed by atoms with E-state index < -0.39 is 0 Å². The van der Waals surface area contributed by atoms with Crippen LogP contribution in [0.15, 0.2) is 59.3 Å². The van der Waals surface area contributed by atoms with Gasteiger partial charge in [-0.25, -0.2) is 15.0 Å². The number of imidazole rings is 1. The van der Waals surface area contributed by atoms with Crippen LogP contribution >= 0.6 is 0 Å². The largest absolute Gasteiger partial charge is 0.494 e. The summed E-state index contributed by atoms with van der Waals surface area (Å²) in [4.78, 5) is 36.1. The van der Waals surface area contributed by atoms with E-state index in [-0.39, 0.29) is 12.6 Å². The molecule has 46 heavy (non-hydrogen) atoms. The molecule has 6 rings (SSSR count). The predicted molar refractivity (Wildman–Crippen MR) is 180 cm³/mol. The van der Waals surface area contributed by atoms with Crippen LogP contribution in [0.3, 0.4) is 0 Å². The number of aliphatic hydroxyl groups is 1. The van der Waals surface area contributed by atoms with Gasteiger partial charge in [-0.05, 0) is 57.6 Å². The van der Waals surface area contributed by atoms with Gasteiger partial charge in [0.15, 0.2) is 0 Å². The van der Waals surface area contributed by atoms with Gasteiger partial charge in [-0.2, -0.15) is 0 Å². The Labute approximate surface area is 268 Å². The molecule has 0 spiro atoms. The number of H-pyrrole nitrogens is 1. The van der Waals surface area contributed by atoms with Gasteiger partial charge in [-0.15, -0.1) is 0 Å². The number of ether oxygens (including phenoxy) is 1. The molecule has 1 fully saturated rings. The van der Waals surface area contributed by atoms with Crippen molar-refractivity contribution in [3.8, 4) is 28.4 Å². The van der Waals surface area contributed by atoms with Crippen molar-refractivity contribution in [2.75, 3.05) is 63.1 Å². The number of hydrogen-bond donors (Lipinski definition) is 3. The summed E-state index contributed by atoms with van der Waals surface area (Å²) in [5.74, 6) is 1.71. The minimum Gasteiger partial charge on any atom is -0.494 e. The lowest BCUT2D eigenvalue weighted by molar-refractivity contribution is -0.107. The lowest BCUT2D eigenvalue weighted by Gasteiger charge is -2.29. The number of benzene rings is 2. The summed E-state index contributed by atoms with van der Waals surface area (Å²) in [5, 5.41) is 13.8. The molecule has 1 aliphatic rings. The summed E-state index contributed by atoms with van der Waals surface area (Å²) in [6.07, 6.45) is 7.39. The molecule has 5 aromatic rings. The average Bonchev–Trinajstić information content (AvgIpc) is 3.62. The number of rotatable bonds is 15. The quantitative estimate of drug-likeness (QED) is 0.135. The van der Waals surface area contributed by atoms with Gasteiger partial charge < -0.3 is 39.3 Å². The molecular weight excluding hydrogens is 584 g/mol. The lowest BCUT2D eigenvalue weighted by atomic mass is 10.1. The molecule has 0 unspecified atom stereocenters. The van der Waals surface area contributed by atoms with Crippen molar-refractivity contribution in [2.24, 2.45) is 0 Å². The van der Waals surface area contributed by atoms with Crippen LogP contribution in [-0.4, -0.2) is 90.3 Å². The second kappa shape index (κ2) is 13.6. The Kier molecular flexibility index (Phi) is 9.18. The highest BCUT2D eigenvalue weighted by atomic mass is 16.5. The van der Waals surface area contributed by atoms with Crippen LogP contribution in [0.2, 0.25) is 0 Å². The smallest absolute Gasteiger partial charge is 0.227 e. The van der Waals surface area contributed by atoms with Gasteiger partial charge in [0.1, 0.15) is 17.2 Å². The summed E-state index contributed by atoms with van der Waals surface area (Å²) in [5.41, 5.74) is 6.10. The Hall–Kier alpha value is -4.94. The number of nitrogens with zero attached hydrogens (tertiary/aromatic N) is 6. The van der Waals surface area contributed by atoms with E-state index in [1.807, 2.05) is 68.5 Å². The molecule has 1 aliphatic carbocycles. The number of likely N-dealkylation sites (N-methyl/N-ethyl adjacent to an activating group) is 2. The summed E-state index contributed by atoms with van der Waals surface area (Å²) >= 11 is 0. The van der Waals surface area contributed by atoms with Crippen molar-refractivity contribution in [3.63, 3.8) is 0 Å². The second-order valence-electron chi connectivity index (χ2n) is 11.8. The third-order valence-corrected chi connectivity index (χ3v) is 8.13. The Balaban J connectivity index is 1.37. The topological polar surface area (TPSA) is 136 Å². The molecule has 12 heteroatoms. The van der Waals surface area contributed by atoms with Crippen LogP contribution in [0, 0.1) is 0 Å². The van der Waals surface area contributed by atoms with Gasteiger partial charge in [0.25, 0.3) is 0 Å². The van der Waals surface area contributed by atoms with Gasteiger partial charge in [-0.3, -0.25) is 4.79 Å². The first-order valence-electron chi connectivity index (χ1n) is 15.5. The first-order valence-corrected chi connectivity index (χ1v) is 15.5. The Morgan fingerprint density at radius 2 is 1.93 bits per heavy atom. The number of aromatic nitrogens is 4. The highest BCUT2D eigenvalue weighted by Crippen LogP contribution is 2.43. The fraction of sp³-hybridized carbons (Fsp3) is 0.353. The summed E-state index contributed by atoms with van der Waals surface area (Å²) < 4.78 is 11.5. The third kappa shape index (κ3) is 6.68. The van der Waals surface area contributed by atoms with Crippen LogP contribution in [0.5, 0.6) is 5.75 Å². The molecule has 1 saturated carbocycles. The first-order chi connectivity index (χ1) is 22.4. The minimum absolute atomic E-state index is 0.0711. The number of fused-ring (bicyclic) bond motifs is 1. The van der Waals surface area contributed by atoms with Crippen LogP contribution in [0.1, 0.15) is 25.1 Å². The van der Waals surface area contributed by atoms with E-state index in [1.165, 1.54) is 0 Å². The number of furan rings is 1. The predicted octanol–water partition coefficient (Wildman–Crippen LogP) is 5.08. The summed E-state index contributed by atoms with van der Waals surface area (Å²) in [6.45, 7) is 1.70. The Bertz CT molecular complexity index is 1810. The average molecular weight is 625 g/mol. The molecule has 0 atom stereocenters. The Morgan fingerprint density at radius 1 is 1.09 bits per heavy atom. The van der Waals surface area contributed by atoms with Gasteiger partial charge in [0.2, 0.25) is 12.4 Å². The summed E-state index contributed by atoms with van der Waals surface area (Å²) in [6, 6.07) is 13.8. The molecular formula is C34H40N8O4. The maximum absolute atomic E-state index is 12.3. The molecule has 2 aromatic carbocycles. The van der Waals surface area contributed by atoms with Crippen LogP contribution in [0.4, 0.5) is 23.0 Å². The van der Waals surface area contributed by atoms with Crippen LogP contribution in [-0.2, 0) is 11.2 Å². The fourth-order valence-electron chi connectivity index (χ4n) is 5.46. The zero-order valence-electron chi connectivity index (χ0n) is 26.7. The number of methoxy groups -OCH3 is 1. The normalized spacial score (nSPS) is 12.9. The number of aliphatic hydroxyl groups excluding tert-OH is 1. The standard InChI is InChI=1S/C34H40N8O4/c1-40(2)14-15-41(3)27-20-30(45-4)26(19-28(27)42(21-44)24-9-10-24)37-34-35-13-11-25(36-34)33-32(38-31(39-33)6-5-16-43)23-8-7-22-12-17-46-29(22)18-23/h7-8,11-13,17-21,24,43H,5-6,9-10,14-16H2,1-4H3,(H,38,39)(H,35,36,37). The molecule has 0 radical (unpaired) electrons. The van der Waals surface area contributed by atoms with E-state index in [0.717, 1.165) is 77.5 Å². The van der Waals surface area contributed by atoms with E-state index in [2.05, 4.69) is 25.1 Å². The molecule has 3 heterocycles. The third-order valence-electron chi connectivity index (χ3n) is 8.13. The lowest BCUT2D eigenvalue weighted by Crippen LogP contribution is -2.31. The van der Waals surface area contributed by atoms with Gasteiger partial charge >= 0.3 is 0 Å². The number of amides is 1. The maximum Gasteiger partial charge on any atom is 0.227 e. The first kappa shape index (κ1) is 31.1. The van der Waals surface area contributed by atoms with Gasteiger partial charge in [0.05, 0.1) is 47.5 Å². The molecule has 3 N–H and O–H groups in total. The zero-order valence-corrected chi connectivity index (χ0v) is 26.7. The van der Waals surface area contributed by atoms with Crippen molar-refractivity contribution >= 4 is 40.4 Å². The van der Waals surface area contributed by atoms with Crippen molar-refractivity contribution < 1.29 is 19.1 Å². The van der Waals surface area contributed by atoms with Gasteiger partial charge in [0, 0.05) is 62.4 Å². The SMILES string of the molecule is COc1cc(N(C)CCN(C)C)c(N(C=O)C2CC2)cc1Nc1nccc(-c2[nH]c(CCCO)nc2-c2ccc3ccoc3c2)n1. The molecule has 3 aromatic heterocycles. The number of nitrogens with one attached hydrogen (secondary N) is 2. The zero-order chi connectivity index (χ0) is 32.2. The maximum atomic E-state index is 12.3. The molecule has 1 amide bonds. The van der Waals surface area contributed by atoms with Crippen molar-refractivity contribution in [1.82, 2.24) is 24.8 Å². The molecule has 0 aliphatic heterocycles. The number of carbonyl (C=O) groups excluding carboxylic acids is 1. The van der Waals surface area contributed by atoms with E-state index in [9.17, 15) is 9.90 Å². The number of carbonyl (C=O) groups is 1. The van der Waals surface area contributed by atoms with Crippen molar-refractivity contribution in [2.45, 2.75) is 31.7 Å². The number of aromatic amines is 1. The minimum atomic E-state index is 0.0711. The highest BCUT2D eigenvalue weighted by Gasteiger charge is 2.32. The van der Waals surface area contributed by atoms with E-state index in [4.69, 9.17) is 19.1 Å². The highest BCUT2D eigenvalue weighted by molar-refractivity contribution is 5.90. The van der Waals surface area contributed by atoms with Crippen LogP contribution in [0.25, 0.3) is 33.6 Å². The molecule has 0 bridgehead atoms. The number of aryl methyl sites for hydroxylation is 1. The number of anilines is 4. The molecule has 12 nitrogen and oxygen atoms in total. The molecule has 0 saturated heterocycles. The fourth-order valence-corrected chi connectivity index (χ4v) is 5.46. The van der Waals surface area contributed by atoms with Crippen molar-refractivity contribution in [3.05, 3.63) is 60.7 Å². The molecule has 240 valence electrons. The van der Waals surface area contributed by atoms with Gasteiger partial charge in [-0.1, -0.05) is 12.1 Å². The van der Waals surface area contributed by atoms with Crippen LogP contribution < -0.4 is 19.9 Å². The van der Waals surface area contributed by atoms with E-state index in [1.54, 1.807) is 19.6 Å². The van der Waals surface area contributed by atoms with E-state index >= 15 is 0 Å².